The highest BCUT2D eigenvalue weighted by atomic mass is 16.5. The number of piperidine rings is 1. The van der Waals surface area contributed by atoms with E-state index >= 15 is 0 Å². The Morgan fingerprint density at radius 3 is 2.20 bits per heavy atom. The molecule has 1 aliphatic rings. The molecule has 0 unspecified atom stereocenters. The third-order valence-corrected chi connectivity index (χ3v) is 6.88. The van der Waals surface area contributed by atoms with Crippen molar-refractivity contribution in [1.82, 2.24) is 4.90 Å². The largest absolute Gasteiger partial charge is 0.490 e. The molecular weight excluding hydrogens is 430 g/mol. The van der Waals surface area contributed by atoms with Crippen molar-refractivity contribution in [2.24, 2.45) is 0 Å². The Labute approximate surface area is 210 Å². The number of carbonyl (C=O) groups excluding carboxylic acids is 1. The van der Waals surface area contributed by atoms with Crippen LogP contribution in [-0.2, 0) is 12.8 Å². The number of hydrogen-bond acceptors (Lipinski definition) is 3. The molecule has 182 valence electrons. The van der Waals surface area contributed by atoms with E-state index in [-0.39, 0.29) is 5.78 Å². The highest BCUT2D eigenvalue weighted by Gasteiger charge is 2.18. The fourth-order valence-electron chi connectivity index (χ4n) is 4.50. The van der Waals surface area contributed by atoms with E-state index in [0.29, 0.717) is 12.5 Å². The molecule has 0 atom stereocenters. The van der Waals surface area contributed by atoms with Gasteiger partial charge in [-0.15, -0.1) is 0 Å². The second-order valence-corrected chi connectivity index (χ2v) is 10.1. The summed E-state index contributed by atoms with van der Waals surface area (Å²) in [6, 6.07) is 22.8. The van der Waals surface area contributed by atoms with Crippen molar-refractivity contribution < 1.29 is 9.53 Å². The van der Waals surface area contributed by atoms with Gasteiger partial charge in [0.2, 0.25) is 0 Å². The van der Waals surface area contributed by atoms with Crippen LogP contribution in [0.4, 0.5) is 0 Å². The van der Waals surface area contributed by atoms with Crippen molar-refractivity contribution >= 4 is 5.78 Å². The van der Waals surface area contributed by atoms with Crippen LogP contribution in [-0.4, -0.2) is 36.9 Å². The zero-order valence-corrected chi connectivity index (χ0v) is 21.5. The number of ketones is 1. The maximum atomic E-state index is 13.0. The minimum absolute atomic E-state index is 0.159. The molecule has 3 nitrogen and oxygen atoms in total. The van der Waals surface area contributed by atoms with Crippen LogP contribution in [0.3, 0.4) is 0 Å². The van der Waals surface area contributed by atoms with Gasteiger partial charge in [-0.1, -0.05) is 60.2 Å². The van der Waals surface area contributed by atoms with Gasteiger partial charge in [0, 0.05) is 25.1 Å². The van der Waals surface area contributed by atoms with Crippen LogP contribution < -0.4 is 4.74 Å². The number of hydrogen-bond donors (Lipinski definition) is 0. The molecule has 35 heavy (non-hydrogen) atoms. The lowest BCUT2D eigenvalue weighted by Gasteiger charge is -2.29. The Morgan fingerprint density at radius 1 is 0.943 bits per heavy atom. The zero-order chi connectivity index (χ0) is 24.8. The number of likely N-dealkylation sites (tertiary alicyclic amines) is 1. The van der Waals surface area contributed by atoms with Crippen LogP contribution in [0.2, 0.25) is 0 Å². The van der Waals surface area contributed by atoms with Crippen molar-refractivity contribution in [2.45, 2.75) is 52.6 Å². The van der Waals surface area contributed by atoms with E-state index in [2.05, 4.69) is 99.5 Å². The van der Waals surface area contributed by atoms with Gasteiger partial charge in [-0.2, -0.15) is 0 Å². The molecule has 0 aliphatic carbocycles. The summed E-state index contributed by atoms with van der Waals surface area (Å²) in [5.74, 6) is 1.10. The first-order valence-electron chi connectivity index (χ1n) is 12.7. The molecule has 1 heterocycles. The van der Waals surface area contributed by atoms with Crippen LogP contribution in [0.1, 0.15) is 53.7 Å². The predicted molar refractivity (Wildman–Crippen MR) is 145 cm³/mol. The lowest BCUT2D eigenvalue weighted by atomic mass is 9.96. The number of aryl methyl sites for hydroxylation is 1. The number of rotatable bonds is 8. The minimum Gasteiger partial charge on any atom is -0.490 e. The maximum Gasteiger partial charge on any atom is 0.167 e. The van der Waals surface area contributed by atoms with E-state index < -0.39 is 0 Å². The van der Waals surface area contributed by atoms with Crippen molar-refractivity contribution in [3.63, 3.8) is 0 Å². The molecule has 1 saturated heterocycles. The third kappa shape index (κ3) is 6.93. The molecule has 0 spiro atoms. The summed E-state index contributed by atoms with van der Waals surface area (Å²) < 4.78 is 6.17. The van der Waals surface area contributed by atoms with E-state index in [1.165, 1.54) is 16.7 Å². The smallest absolute Gasteiger partial charge is 0.167 e. The molecule has 4 rings (SSSR count). The first-order valence-corrected chi connectivity index (χ1v) is 12.7. The van der Waals surface area contributed by atoms with Gasteiger partial charge in [-0.3, -0.25) is 4.79 Å². The molecule has 0 N–H and O–H groups in total. The average Bonchev–Trinajstić information content (AvgIpc) is 2.86. The number of Topliss-reactive ketones (excluding diaryl/α,β-unsaturated/α-hetero) is 1. The fraction of sp³-hybridized carbons (Fsp3) is 0.344. The van der Waals surface area contributed by atoms with Crippen molar-refractivity contribution in [2.75, 3.05) is 20.1 Å². The number of benzene rings is 3. The number of carbonyl (C=O) groups is 1. The number of ether oxygens (including phenoxy) is 1. The molecule has 0 saturated carbocycles. The normalized spacial score (nSPS) is 14.5. The van der Waals surface area contributed by atoms with E-state index in [4.69, 9.17) is 4.74 Å². The topological polar surface area (TPSA) is 29.5 Å². The molecule has 1 fully saturated rings. The predicted octanol–water partition coefficient (Wildman–Crippen LogP) is 7.07. The molecule has 3 aromatic rings. The standard InChI is InChI=1S/C32H37NO2/c1-23(2)5-9-28-22-29(10-6-24(28)3)32(34)21-25-7-11-26(12-8-25)27-13-15-30(16-14-27)35-31-17-19-33(4)20-18-31/h5-8,10-16,22,31H,9,17-21H2,1-4H3. The summed E-state index contributed by atoms with van der Waals surface area (Å²) in [6.45, 7) is 8.50. The second kappa shape index (κ2) is 11.5. The van der Waals surface area contributed by atoms with E-state index in [1.807, 2.05) is 6.07 Å². The van der Waals surface area contributed by atoms with Crippen LogP contribution in [0, 0.1) is 6.92 Å². The monoisotopic (exact) mass is 467 g/mol. The summed E-state index contributed by atoms with van der Waals surface area (Å²) in [5.41, 5.74) is 7.86. The van der Waals surface area contributed by atoms with Gasteiger partial charge in [0.25, 0.3) is 0 Å². The van der Waals surface area contributed by atoms with E-state index in [9.17, 15) is 4.79 Å². The summed E-state index contributed by atoms with van der Waals surface area (Å²) in [5, 5.41) is 0. The van der Waals surface area contributed by atoms with E-state index in [0.717, 1.165) is 60.4 Å². The summed E-state index contributed by atoms with van der Waals surface area (Å²) in [6.07, 6.45) is 5.96. The van der Waals surface area contributed by atoms with E-state index in [1.54, 1.807) is 0 Å². The van der Waals surface area contributed by atoms with Crippen molar-refractivity contribution in [3.8, 4) is 16.9 Å². The minimum atomic E-state index is 0.159. The van der Waals surface area contributed by atoms with Crippen molar-refractivity contribution in [3.05, 3.63) is 101 Å². The molecule has 1 aliphatic heterocycles. The summed E-state index contributed by atoms with van der Waals surface area (Å²) in [7, 11) is 2.16. The van der Waals surface area contributed by atoms with Gasteiger partial charge in [0.1, 0.15) is 11.9 Å². The molecule has 0 aromatic heterocycles. The van der Waals surface area contributed by atoms with Crippen LogP contribution in [0.15, 0.2) is 78.4 Å². The third-order valence-electron chi connectivity index (χ3n) is 6.88. The van der Waals surface area contributed by atoms with Gasteiger partial charge in [0.15, 0.2) is 5.78 Å². The molecule has 0 amide bonds. The molecule has 0 radical (unpaired) electrons. The average molecular weight is 468 g/mol. The van der Waals surface area contributed by atoms with Crippen molar-refractivity contribution in [1.29, 1.82) is 0 Å². The Morgan fingerprint density at radius 2 is 1.57 bits per heavy atom. The van der Waals surface area contributed by atoms with Gasteiger partial charge < -0.3 is 9.64 Å². The first kappa shape index (κ1) is 24.9. The highest BCUT2D eigenvalue weighted by Crippen LogP contribution is 2.25. The van der Waals surface area contributed by atoms with Gasteiger partial charge in [-0.25, -0.2) is 0 Å². The van der Waals surface area contributed by atoms with Gasteiger partial charge in [-0.05, 0) is 93.1 Å². The highest BCUT2D eigenvalue weighted by molar-refractivity contribution is 5.97. The Bertz CT molecular complexity index is 1160. The number of nitrogens with zero attached hydrogens (tertiary/aromatic N) is 1. The quantitative estimate of drug-likeness (QED) is 0.262. The maximum absolute atomic E-state index is 13.0. The van der Waals surface area contributed by atoms with Gasteiger partial charge in [0.05, 0.1) is 0 Å². The Kier molecular flexibility index (Phi) is 8.20. The Hall–Kier alpha value is -3.17. The zero-order valence-electron chi connectivity index (χ0n) is 21.5. The van der Waals surface area contributed by atoms with Crippen LogP contribution in [0.5, 0.6) is 5.75 Å². The number of allylic oxidation sites excluding steroid dienone is 2. The first-order chi connectivity index (χ1) is 16.9. The lowest BCUT2D eigenvalue weighted by Crippen LogP contribution is -2.35. The summed E-state index contributed by atoms with van der Waals surface area (Å²) >= 11 is 0. The van der Waals surface area contributed by atoms with Gasteiger partial charge >= 0.3 is 0 Å². The second-order valence-electron chi connectivity index (χ2n) is 10.1. The van der Waals surface area contributed by atoms with Crippen LogP contribution >= 0.6 is 0 Å². The SMILES string of the molecule is CC(C)=CCc1cc(C(=O)Cc2ccc(-c3ccc(OC4CCN(C)CC4)cc3)cc2)ccc1C. The summed E-state index contributed by atoms with van der Waals surface area (Å²) in [4.78, 5) is 15.3. The van der Waals surface area contributed by atoms with Crippen LogP contribution in [0.25, 0.3) is 11.1 Å². The lowest BCUT2D eigenvalue weighted by molar-refractivity contribution is 0.0993. The molecular formula is C32H37NO2. The molecule has 3 heteroatoms. The molecule has 3 aromatic carbocycles. The fourth-order valence-corrected chi connectivity index (χ4v) is 4.50. The molecule has 0 bridgehead atoms. The Balaban J connectivity index is 1.37.